The predicted octanol–water partition coefficient (Wildman–Crippen LogP) is 3.63. The van der Waals surface area contributed by atoms with E-state index in [1.807, 2.05) is 0 Å². The first-order chi connectivity index (χ1) is 11.2. The summed E-state index contributed by atoms with van der Waals surface area (Å²) in [6.07, 6.45) is 0. The largest absolute Gasteiger partial charge is 0.464 e. The molecule has 0 radical (unpaired) electrons. The van der Waals surface area contributed by atoms with Gasteiger partial charge in [0, 0.05) is 21.3 Å². The lowest BCUT2D eigenvalue weighted by Gasteiger charge is -2.16. The molecule has 0 bridgehead atoms. The second-order valence-electron chi connectivity index (χ2n) is 5.41. The fourth-order valence-corrected chi connectivity index (χ4v) is 2.77. The molecule has 0 aromatic heterocycles. The fourth-order valence-electron chi connectivity index (χ4n) is 1.11. The van der Waals surface area contributed by atoms with Crippen molar-refractivity contribution in [3.63, 3.8) is 0 Å². The van der Waals surface area contributed by atoms with E-state index in [0.29, 0.717) is 11.5 Å². The van der Waals surface area contributed by atoms with Gasteiger partial charge in [-0.2, -0.15) is 0 Å². The predicted molar refractivity (Wildman–Crippen MR) is 93.3 cm³/mol. The van der Waals surface area contributed by atoms with Crippen molar-refractivity contribution in [3.8, 4) is 0 Å². The van der Waals surface area contributed by atoms with E-state index in [1.165, 1.54) is 49.3 Å². The molecule has 0 atom stereocenters. The van der Waals surface area contributed by atoms with Crippen LogP contribution in [0.2, 0.25) is 0 Å². The Kier molecular flexibility index (Phi) is 10.1. The van der Waals surface area contributed by atoms with Crippen molar-refractivity contribution < 1.29 is 19.1 Å². The van der Waals surface area contributed by atoms with Crippen LogP contribution in [-0.4, -0.2) is 47.7 Å². The molecule has 0 aliphatic rings. The van der Waals surface area contributed by atoms with Crippen LogP contribution in [0.5, 0.6) is 0 Å². The number of hydrogen-bond acceptors (Lipinski definition) is 8. The third-order valence-corrected chi connectivity index (χ3v) is 4.80. The van der Waals surface area contributed by atoms with Crippen LogP contribution in [0.1, 0.15) is 27.7 Å². The Hall–Kier alpha value is -1.74. The molecule has 0 saturated carbocycles. The minimum absolute atomic E-state index is 0.185. The maximum atomic E-state index is 11.6. The van der Waals surface area contributed by atoms with Crippen molar-refractivity contribution in [3.05, 3.63) is 20.9 Å². The second-order valence-corrected chi connectivity index (χ2v) is 8.11. The minimum Gasteiger partial charge on any atom is -0.464 e. The lowest BCUT2D eigenvalue weighted by molar-refractivity contribution is -0.148. The molecule has 24 heavy (non-hydrogen) atoms. The summed E-state index contributed by atoms with van der Waals surface area (Å²) in [4.78, 5) is 28.4. The Morgan fingerprint density at radius 3 is 1.50 bits per heavy atom. The molecule has 0 aromatic carbocycles. The molecule has 0 aromatic rings. The summed E-state index contributed by atoms with van der Waals surface area (Å²) >= 11 is 0. The summed E-state index contributed by atoms with van der Waals surface area (Å²) in [6, 6.07) is 0. The number of carbonyl (C=O) groups is 2. The van der Waals surface area contributed by atoms with E-state index in [0.717, 1.165) is 0 Å². The summed E-state index contributed by atoms with van der Waals surface area (Å²) in [5.41, 5.74) is 14.2. The molecule has 0 rings (SSSR count). The van der Waals surface area contributed by atoms with Crippen molar-refractivity contribution in [1.82, 2.24) is 0 Å². The monoisotopic (exact) mass is 376 g/mol. The molecule has 0 unspecified atom stereocenters. The zero-order valence-corrected chi connectivity index (χ0v) is 15.6. The number of ether oxygens (including phenoxy) is 2. The highest BCUT2D eigenvalue weighted by Crippen LogP contribution is 2.21. The van der Waals surface area contributed by atoms with E-state index in [1.54, 1.807) is 0 Å². The van der Waals surface area contributed by atoms with E-state index in [9.17, 15) is 9.59 Å². The van der Waals surface area contributed by atoms with Gasteiger partial charge >= 0.3 is 11.9 Å². The van der Waals surface area contributed by atoms with E-state index in [2.05, 4.69) is 20.1 Å². The topological polar surface area (TPSA) is 150 Å². The first kappa shape index (κ1) is 22.3. The third-order valence-electron chi connectivity index (χ3n) is 2.47. The van der Waals surface area contributed by atoms with Gasteiger partial charge in [0.25, 0.3) is 0 Å². The van der Waals surface area contributed by atoms with Gasteiger partial charge < -0.3 is 9.47 Å². The highest BCUT2D eigenvalue weighted by molar-refractivity contribution is 8.76. The van der Waals surface area contributed by atoms with Gasteiger partial charge in [-0.1, -0.05) is 31.8 Å². The Balaban J connectivity index is 3.79. The zero-order chi connectivity index (χ0) is 18.6. The number of rotatable bonds is 11. The standard InChI is InChI=1S/C12H20N6O4S2/c1-11(2,15-17-13)9(19)21-5-7-23-24-8-6-22-10(20)12(3,4)16-18-14/h5-8H2,1-4H3. The fraction of sp³-hybridized carbons (Fsp3) is 0.833. The number of carbonyl (C=O) groups excluding carboxylic acids is 2. The SMILES string of the molecule is CC(C)(N=[N+]=[N-])C(=O)OCCSSCCOC(=O)C(C)(C)N=[N+]=[N-]. The highest BCUT2D eigenvalue weighted by Gasteiger charge is 2.28. The van der Waals surface area contributed by atoms with Gasteiger partial charge in [-0.25, -0.2) is 0 Å². The molecule has 0 heterocycles. The lowest BCUT2D eigenvalue weighted by atomic mass is 10.1. The molecule has 0 spiro atoms. The molecule has 0 aliphatic carbocycles. The van der Waals surface area contributed by atoms with E-state index < -0.39 is 23.0 Å². The molecule has 0 saturated heterocycles. The molecule has 0 N–H and O–H groups in total. The van der Waals surface area contributed by atoms with Crippen LogP contribution in [0.4, 0.5) is 0 Å². The van der Waals surface area contributed by atoms with Gasteiger partial charge in [-0.15, -0.1) is 0 Å². The molecule has 0 fully saturated rings. The normalized spacial score (nSPS) is 11.0. The van der Waals surface area contributed by atoms with Gasteiger partial charge in [-0.3, -0.25) is 9.59 Å². The maximum Gasteiger partial charge on any atom is 0.317 e. The average Bonchev–Trinajstić information content (AvgIpc) is 2.49. The van der Waals surface area contributed by atoms with Crippen molar-refractivity contribution >= 4 is 33.5 Å². The van der Waals surface area contributed by atoms with Crippen LogP contribution in [0, 0.1) is 0 Å². The van der Waals surface area contributed by atoms with Gasteiger partial charge in [0.2, 0.25) is 0 Å². The highest BCUT2D eigenvalue weighted by atomic mass is 33.1. The number of esters is 2. The van der Waals surface area contributed by atoms with Crippen molar-refractivity contribution in [2.45, 2.75) is 38.8 Å². The molecular formula is C12H20N6O4S2. The molecule has 0 aliphatic heterocycles. The van der Waals surface area contributed by atoms with Crippen LogP contribution in [-0.2, 0) is 19.1 Å². The number of nitrogens with zero attached hydrogens (tertiary/aromatic N) is 6. The van der Waals surface area contributed by atoms with Gasteiger partial charge in [-0.05, 0) is 38.8 Å². The average molecular weight is 376 g/mol. The Bertz CT molecular complexity index is 494. The Morgan fingerprint density at radius 1 is 0.875 bits per heavy atom. The molecular weight excluding hydrogens is 356 g/mol. The van der Waals surface area contributed by atoms with Crippen LogP contribution >= 0.6 is 21.6 Å². The van der Waals surface area contributed by atoms with Crippen LogP contribution in [0.25, 0.3) is 20.9 Å². The lowest BCUT2D eigenvalue weighted by Crippen LogP contribution is -2.31. The van der Waals surface area contributed by atoms with E-state index >= 15 is 0 Å². The number of hydrogen-bond donors (Lipinski definition) is 0. The second kappa shape index (κ2) is 10.9. The van der Waals surface area contributed by atoms with Crippen LogP contribution < -0.4 is 0 Å². The van der Waals surface area contributed by atoms with E-state index in [-0.39, 0.29) is 13.2 Å². The quantitative estimate of drug-likeness (QED) is 0.134. The summed E-state index contributed by atoms with van der Waals surface area (Å²) in [5, 5.41) is 6.72. The summed E-state index contributed by atoms with van der Waals surface area (Å²) < 4.78 is 10.0. The van der Waals surface area contributed by atoms with Crippen LogP contribution in [0.3, 0.4) is 0 Å². The minimum atomic E-state index is -1.22. The van der Waals surface area contributed by atoms with Crippen LogP contribution in [0.15, 0.2) is 10.2 Å². The van der Waals surface area contributed by atoms with Crippen molar-refractivity contribution in [1.29, 1.82) is 0 Å². The van der Waals surface area contributed by atoms with Crippen molar-refractivity contribution in [2.75, 3.05) is 24.7 Å². The van der Waals surface area contributed by atoms with Gasteiger partial charge in [0.05, 0.1) is 0 Å². The molecule has 12 heteroatoms. The smallest absolute Gasteiger partial charge is 0.317 e. The summed E-state index contributed by atoms with van der Waals surface area (Å²) in [6.45, 7) is 6.27. The third kappa shape index (κ3) is 8.78. The van der Waals surface area contributed by atoms with Crippen molar-refractivity contribution in [2.24, 2.45) is 10.2 Å². The molecule has 134 valence electrons. The maximum absolute atomic E-state index is 11.6. The molecule has 0 amide bonds. The summed E-state index contributed by atoms with van der Waals surface area (Å²) in [7, 11) is 2.90. The Morgan fingerprint density at radius 2 is 1.21 bits per heavy atom. The zero-order valence-electron chi connectivity index (χ0n) is 14.0. The molecule has 10 nitrogen and oxygen atoms in total. The first-order valence-electron chi connectivity index (χ1n) is 6.89. The first-order valence-corrected chi connectivity index (χ1v) is 9.37. The van der Waals surface area contributed by atoms with Gasteiger partial charge in [0.1, 0.15) is 24.3 Å². The summed E-state index contributed by atoms with van der Waals surface area (Å²) in [5.74, 6) is -0.0813. The van der Waals surface area contributed by atoms with Gasteiger partial charge in [0.15, 0.2) is 0 Å². The van der Waals surface area contributed by atoms with E-state index in [4.69, 9.17) is 20.5 Å². The Labute approximate surface area is 147 Å². The number of azide groups is 2.